The Bertz CT molecular complexity index is 547. The van der Waals surface area contributed by atoms with E-state index in [0.29, 0.717) is 58.5 Å². The van der Waals surface area contributed by atoms with E-state index in [0.717, 1.165) is 13.1 Å². The molecule has 3 rings (SSSR count). The van der Waals surface area contributed by atoms with E-state index in [1.54, 1.807) is 11.8 Å². The number of nitrogens with zero attached hydrogens (tertiary/aromatic N) is 3. The molecule has 1 N–H and O–H groups in total. The van der Waals surface area contributed by atoms with E-state index in [1.807, 2.05) is 11.9 Å². The quantitative estimate of drug-likeness (QED) is 0.723. The zero-order valence-electron chi connectivity index (χ0n) is 15.8. The fraction of sp³-hybridized carbons (Fsp3) is 0.833. The second kappa shape index (κ2) is 7.82. The van der Waals surface area contributed by atoms with Crippen molar-refractivity contribution >= 4 is 17.9 Å². The van der Waals surface area contributed by atoms with Crippen LogP contribution in [-0.2, 0) is 14.3 Å². The molecule has 26 heavy (non-hydrogen) atoms. The van der Waals surface area contributed by atoms with Gasteiger partial charge in [-0.2, -0.15) is 0 Å². The van der Waals surface area contributed by atoms with E-state index in [9.17, 15) is 14.4 Å². The van der Waals surface area contributed by atoms with Crippen molar-refractivity contribution in [2.45, 2.75) is 38.6 Å². The highest BCUT2D eigenvalue weighted by Gasteiger charge is 2.58. The number of hydrogen-bond donors (Lipinski definition) is 1. The monoisotopic (exact) mass is 366 g/mol. The van der Waals surface area contributed by atoms with Gasteiger partial charge in [0.25, 0.3) is 0 Å². The molecule has 0 atom stereocenters. The van der Waals surface area contributed by atoms with Crippen LogP contribution in [0.4, 0.5) is 4.79 Å². The molecular weight excluding hydrogens is 336 g/mol. The van der Waals surface area contributed by atoms with Gasteiger partial charge in [-0.05, 0) is 39.7 Å². The van der Waals surface area contributed by atoms with Crippen molar-refractivity contribution in [2.24, 2.45) is 5.41 Å². The summed E-state index contributed by atoms with van der Waals surface area (Å²) in [6, 6.07) is 0.0194. The SMILES string of the molecule is CCOC(=O)N1CCC(NC(=O)C2(C(=O)N3CCN(C)CC3)CC2)CC1. The molecule has 0 aromatic rings. The highest BCUT2D eigenvalue weighted by Crippen LogP contribution is 2.47. The van der Waals surface area contributed by atoms with E-state index in [2.05, 4.69) is 10.2 Å². The zero-order valence-corrected chi connectivity index (χ0v) is 15.8. The van der Waals surface area contributed by atoms with Crippen LogP contribution in [-0.4, -0.2) is 91.6 Å². The molecule has 3 fully saturated rings. The number of amides is 3. The van der Waals surface area contributed by atoms with Crippen molar-refractivity contribution in [3.8, 4) is 0 Å². The first-order chi connectivity index (χ1) is 12.5. The van der Waals surface area contributed by atoms with Crippen LogP contribution in [0.1, 0.15) is 32.6 Å². The molecular formula is C18H30N4O4. The summed E-state index contributed by atoms with van der Waals surface area (Å²) in [5.74, 6) is -0.136. The Morgan fingerprint density at radius 3 is 2.15 bits per heavy atom. The lowest BCUT2D eigenvalue weighted by molar-refractivity contribution is -0.145. The molecule has 146 valence electrons. The minimum Gasteiger partial charge on any atom is -0.450 e. The molecule has 2 saturated heterocycles. The van der Waals surface area contributed by atoms with Crippen molar-refractivity contribution in [2.75, 3.05) is 52.9 Å². The number of rotatable bonds is 4. The summed E-state index contributed by atoms with van der Waals surface area (Å²) in [7, 11) is 2.05. The third-order valence-electron chi connectivity index (χ3n) is 5.74. The largest absolute Gasteiger partial charge is 0.450 e. The van der Waals surface area contributed by atoms with Crippen molar-refractivity contribution in [1.29, 1.82) is 0 Å². The van der Waals surface area contributed by atoms with Crippen molar-refractivity contribution in [3.05, 3.63) is 0 Å². The highest BCUT2D eigenvalue weighted by molar-refractivity contribution is 6.08. The van der Waals surface area contributed by atoms with Gasteiger partial charge in [-0.3, -0.25) is 9.59 Å². The summed E-state index contributed by atoms with van der Waals surface area (Å²) in [5, 5.41) is 3.07. The average molecular weight is 366 g/mol. The Morgan fingerprint density at radius 1 is 1.00 bits per heavy atom. The van der Waals surface area contributed by atoms with Gasteiger partial charge >= 0.3 is 6.09 Å². The molecule has 1 saturated carbocycles. The first kappa shape index (κ1) is 18.9. The Balaban J connectivity index is 1.49. The van der Waals surface area contributed by atoms with Crippen molar-refractivity contribution in [1.82, 2.24) is 20.0 Å². The summed E-state index contributed by atoms with van der Waals surface area (Å²) in [6.45, 7) is 6.41. The summed E-state index contributed by atoms with van der Waals surface area (Å²) in [6.07, 6.45) is 2.39. The van der Waals surface area contributed by atoms with Gasteiger partial charge < -0.3 is 24.8 Å². The molecule has 0 aromatic carbocycles. The normalized spacial score (nSPS) is 23.5. The summed E-state index contributed by atoms with van der Waals surface area (Å²) in [4.78, 5) is 43.1. The molecule has 0 aromatic heterocycles. The van der Waals surface area contributed by atoms with Gasteiger partial charge in [0, 0.05) is 45.3 Å². The Morgan fingerprint density at radius 2 is 1.62 bits per heavy atom. The van der Waals surface area contributed by atoms with E-state index < -0.39 is 5.41 Å². The fourth-order valence-corrected chi connectivity index (χ4v) is 3.72. The van der Waals surface area contributed by atoms with Crippen LogP contribution in [0.25, 0.3) is 0 Å². The third-order valence-corrected chi connectivity index (χ3v) is 5.74. The zero-order chi connectivity index (χ0) is 18.7. The number of likely N-dealkylation sites (tertiary alicyclic amines) is 1. The number of piperazine rings is 1. The van der Waals surface area contributed by atoms with Gasteiger partial charge in [0.15, 0.2) is 0 Å². The van der Waals surface area contributed by atoms with Gasteiger partial charge in [0.05, 0.1) is 6.61 Å². The van der Waals surface area contributed by atoms with Gasteiger partial charge in [-0.1, -0.05) is 0 Å². The Labute approximate surface area is 154 Å². The number of carbonyl (C=O) groups is 3. The maximum Gasteiger partial charge on any atom is 0.409 e. The number of nitrogens with one attached hydrogen (secondary N) is 1. The van der Waals surface area contributed by atoms with Gasteiger partial charge in [-0.25, -0.2) is 4.79 Å². The summed E-state index contributed by atoms with van der Waals surface area (Å²) in [5.41, 5.74) is -0.839. The standard InChI is InChI=1S/C18H30N4O4/c1-3-26-17(25)22-8-4-14(5-9-22)19-15(23)18(6-7-18)16(24)21-12-10-20(2)11-13-21/h14H,3-13H2,1-2H3,(H,19,23). The lowest BCUT2D eigenvalue weighted by Gasteiger charge is -2.35. The molecule has 1 aliphatic carbocycles. The molecule has 0 radical (unpaired) electrons. The lowest BCUT2D eigenvalue weighted by atomic mass is 10.00. The van der Waals surface area contributed by atoms with Crippen molar-refractivity contribution < 1.29 is 19.1 Å². The molecule has 8 nitrogen and oxygen atoms in total. The van der Waals surface area contributed by atoms with Gasteiger partial charge in [0.1, 0.15) is 5.41 Å². The first-order valence-corrected chi connectivity index (χ1v) is 9.67. The molecule has 3 amide bonds. The van der Waals surface area contributed by atoms with E-state index in [4.69, 9.17) is 4.74 Å². The molecule has 0 unspecified atom stereocenters. The molecule has 3 aliphatic rings. The minimum atomic E-state index is -0.839. The predicted molar refractivity (Wildman–Crippen MR) is 95.5 cm³/mol. The number of ether oxygens (including phenoxy) is 1. The van der Waals surface area contributed by atoms with E-state index in [1.165, 1.54) is 0 Å². The number of likely N-dealkylation sites (N-methyl/N-ethyl adjacent to an activating group) is 1. The molecule has 2 aliphatic heterocycles. The van der Waals surface area contributed by atoms with Crippen molar-refractivity contribution in [3.63, 3.8) is 0 Å². The van der Waals surface area contributed by atoms with Crippen LogP contribution in [0.2, 0.25) is 0 Å². The summed E-state index contributed by atoms with van der Waals surface area (Å²) < 4.78 is 5.01. The van der Waals surface area contributed by atoms with Crippen LogP contribution in [0.15, 0.2) is 0 Å². The van der Waals surface area contributed by atoms with Crippen LogP contribution in [0.5, 0.6) is 0 Å². The second-order valence-corrected chi connectivity index (χ2v) is 7.61. The second-order valence-electron chi connectivity index (χ2n) is 7.61. The van der Waals surface area contributed by atoms with Gasteiger partial charge in [-0.15, -0.1) is 0 Å². The minimum absolute atomic E-state index is 0.00735. The molecule has 2 heterocycles. The molecule has 0 spiro atoms. The number of piperidine rings is 1. The van der Waals surface area contributed by atoms with Crippen LogP contribution in [0.3, 0.4) is 0 Å². The average Bonchev–Trinajstić information content (AvgIpc) is 3.44. The number of carbonyl (C=O) groups excluding carboxylic acids is 3. The highest BCUT2D eigenvalue weighted by atomic mass is 16.6. The molecule has 0 bridgehead atoms. The van der Waals surface area contributed by atoms with Crippen LogP contribution >= 0.6 is 0 Å². The fourth-order valence-electron chi connectivity index (χ4n) is 3.72. The Hall–Kier alpha value is -1.83. The summed E-state index contributed by atoms with van der Waals surface area (Å²) >= 11 is 0. The molecule has 8 heteroatoms. The Kier molecular flexibility index (Phi) is 5.70. The first-order valence-electron chi connectivity index (χ1n) is 9.67. The lowest BCUT2D eigenvalue weighted by Crippen LogP contribution is -2.54. The van der Waals surface area contributed by atoms with Gasteiger partial charge in [0.2, 0.25) is 11.8 Å². The smallest absolute Gasteiger partial charge is 0.409 e. The van der Waals surface area contributed by atoms with E-state index in [-0.39, 0.29) is 23.9 Å². The van der Waals surface area contributed by atoms with Crippen LogP contribution in [0, 0.1) is 5.41 Å². The van der Waals surface area contributed by atoms with E-state index >= 15 is 0 Å². The third kappa shape index (κ3) is 3.95. The topological polar surface area (TPSA) is 82.2 Å². The number of hydrogen-bond acceptors (Lipinski definition) is 5. The maximum atomic E-state index is 12.9. The predicted octanol–water partition coefficient (Wildman–Crippen LogP) is 0.278. The maximum absolute atomic E-state index is 12.9. The van der Waals surface area contributed by atoms with Crippen LogP contribution < -0.4 is 5.32 Å².